The van der Waals surface area contributed by atoms with Crippen LogP contribution in [0.3, 0.4) is 0 Å². The van der Waals surface area contributed by atoms with E-state index in [-0.39, 0.29) is 11.5 Å². The molecule has 0 aliphatic rings. The van der Waals surface area contributed by atoms with Gasteiger partial charge in [0.1, 0.15) is 5.00 Å². The molecule has 2 N–H and O–H groups in total. The van der Waals surface area contributed by atoms with Gasteiger partial charge in [-0.15, -0.1) is 11.3 Å². The van der Waals surface area contributed by atoms with Crippen molar-refractivity contribution in [2.75, 3.05) is 5.32 Å². The van der Waals surface area contributed by atoms with Gasteiger partial charge in [-0.1, -0.05) is 28.1 Å². The average Bonchev–Trinajstić information content (AvgIpc) is 2.86. The predicted octanol–water partition coefficient (Wildman–Crippen LogP) is 4.17. The Morgan fingerprint density at radius 2 is 2.10 bits per heavy atom. The molecule has 0 unspecified atom stereocenters. The van der Waals surface area contributed by atoms with E-state index in [9.17, 15) is 9.59 Å². The van der Waals surface area contributed by atoms with Crippen molar-refractivity contribution in [3.8, 4) is 0 Å². The van der Waals surface area contributed by atoms with Gasteiger partial charge >= 0.3 is 5.97 Å². The van der Waals surface area contributed by atoms with E-state index >= 15 is 0 Å². The molecule has 0 atom stereocenters. The molecule has 2 aromatic rings. The highest BCUT2D eigenvalue weighted by Gasteiger charge is 2.12. The summed E-state index contributed by atoms with van der Waals surface area (Å²) in [6.07, 6.45) is 3.05. The van der Waals surface area contributed by atoms with Gasteiger partial charge in [0.25, 0.3) is 0 Å². The van der Waals surface area contributed by atoms with Crippen LogP contribution in [0.5, 0.6) is 0 Å². The first-order chi connectivity index (χ1) is 9.97. The third-order valence-electron chi connectivity index (χ3n) is 2.70. The fourth-order valence-electron chi connectivity index (χ4n) is 1.66. The van der Waals surface area contributed by atoms with Crippen molar-refractivity contribution in [2.24, 2.45) is 0 Å². The van der Waals surface area contributed by atoms with E-state index < -0.39 is 5.97 Å². The SMILES string of the molecule is Cc1ccc(/C=C/C(=O)Nc2sccc2C(=O)O)c(Br)c1. The first kappa shape index (κ1) is 15.5. The summed E-state index contributed by atoms with van der Waals surface area (Å²) in [7, 11) is 0. The lowest BCUT2D eigenvalue weighted by molar-refractivity contribution is -0.111. The highest BCUT2D eigenvalue weighted by molar-refractivity contribution is 9.10. The number of aryl methyl sites for hydroxylation is 1. The number of carbonyl (C=O) groups is 2. The minimum absolute atomic E-state index is 0.0956. The fourth-order valence-corrected chi connectivity index (χ4v) is 3.07. The second kappa shape index (κ2) is 6.69. The molecule has 21 heavy (non-hydrogen) atoms. The van der Waals surface area contributed by atoms with E-state index in [0.29, 0.717) is 5.00 Å². The molecule has 6 heteroatoms. The van der Waals surface area contributed by atoms with Crippen molar-refractivity contribution in [3.05, 3.63) is 56.9 Å². The quantitative estimate of drug-likeness (QED) is 0.799. The molecule has 1 amide bonds. The summed E-state index contributed by atoms with van der Waals surface area (Å²) in [4.78, 5) is 22.8. The monoisotopic (exact) mass is 365 g/mol. The number of thiophene rings is 1. The Hall–Kier alpha value is -1.92. The van der Waals surface area contributed by atoms with E-state index in [1.54, 1.807) is 11.5 Å². The van der Waals surface area contributed by atoms with Gasteiger partial charge in [0.2, 0.25) is 5.91 Å². The number of amides is 1. The Bertz CT molecular complexity index is 721. The number of carboxylic acid groups (broad SMARTS) is 1. The Morgan fingerprint density at radius 3 is 2.76 bits per heavy atom. The van der Waals surface area contributed by atoms with Crippen LogP contribution in [-0.2, 0) is 4.79 Å². The average molecular weight is 366 g/mol. The second-order valence-corrected chi connectivity index (χ2v) is 6.09. The summed E-state index contributed by atoms with van der Waals surface area (Å²) in [5, 5.41) is 13.5. The largest absolute Gasteiger partial charge is 0.478 e. The number of halogens is 1. The first-order valence-corrected chi connectivity index (χ1v) is 7.70. The van der Waals surface area contributed by atoms with Crippen LogP contribution in [-0.4, -0.2) is 17.0 Å². The molecule has 4 nitrogen and oxygen atoms in total. The van der Waals surface area contributed by atoms with Crippen LogP contribution >= 0.6 is 27.3 Å². The van der Waals surface area contributed by atoms with Gasteiger partial charge in [-0.25, -0.2) is 4.79 Å². The number of benzene rings is 1. The Balaban J connectivity index is 2.09. The smallest absolute Gasteiger partial charge is 0.338 e. The van der Waals surface area contributed by atoms with Gasteiger partial charge in [0.05, 0.1) is 5.56 Å². The van der Waals surface area contributed by atoms with E-state index in [0.717, 1.165) is 15.6 Å². The zero-order valence-electron chi connectivity index (χ0n) is 11.1. The lowest BCUT2D eigenvalue weighted by Gasteiger charge is -2.02. The maximum absolute atomic E-state index is 11.8. The fraction of sp³-hybridized carbons (Fsp3) is 0.0667. The van der Waals surface area contributed by atoms with Gasteiger partial charge in [0, 0.05) is 10.5 Å². The predicted molar refractivity (Wildman–Crippen MR) is 87.8 cm³/mol. The van der Waals surface area contributed by atoms with E-state index in [4.69, 9.17) is 5.11 Å². The van der Waals surface area contributed by atoms with Crippen molar-refractivity contribution in [2.45, 2.75) is 6.92 Å². The number of aromatic carboxylic acids is 1. The van der Waals surface area contributed by atoms with E-state index in [1.807, 2.05) is 25.1 Å². The van der Waals surface area contributed by atoms with Crippen molar-refractivity contribution >= 4 is 50.2 Å². The van der Waals surface area contributed by atoms with E-state index in [2.05, 4.69) is 21.2 Å². The number of carboxylic acids is 1. The van der Waals surface area contributed by atoms with Gasteiger partial charge in [-0.3, -0.25) is 4.79 Å². The van der Waals surface area contributed by atoms with Crippen LogP contribution in [0.4, 0.5) is 5.00 Å². The number of hydrogen-bond acceptors (Lipinski definition) is 3. The van der Waals surface area contributed by atoms with Crippen LogP contribution in [0.25, 0.3) is 6.08 Å². The van der Waals surface area contributed by atoms with Gasteiger partial charge in [-0.05, 0) is 41.6 Å². The maximum Gasteiger partial charge on any atom is 0.338 e. The summed E-state index contributed by atoms with van der Waals surface area (Å²) >= 11 is 4.61. The Morgan fingerprint density at radius 1 is 1.33 bits per heavy atom. The van der Waals surface area contributed by atoms with Crippen LogP contribution in [0.2, 0.25) is 0 Å². The molecular weight excluding hydrogens is 354 g/mol. The molecule has 0 radical (unpaired) electrons. The number of anilines is 1. The standard InChI is InChI=1S/C15H12BrNO3S/c1-9-2-3-10(12(16)8-9)4-5-13(18)17-14-11(15(19)20)6-7-21-14/h2-8H,1H3,(H,17,18)(H,19,20)/b5-4+. The van der Waals surface area contributed by atoms with Gasteiger partial charge in [-0.2, -0.15) is 0 Å². The van der Waals surface area contributed by atoms with Crippen LogP contribution in [0.15, 0.2) is 40.2 Å². The molecule has 0 saturated carbocycles. The molecule has 2 rings (SSSR count). The van der Waals surface area contributed by atoms with Crippen LogP contribution < -0.4 is 5.32 Å². The maximum atomic E-state index is 11.8. The van der Waals surface area contributed by atoms with Gasteiger partial charge in [0.15, 0.2) is 0 Å². The zero-order valence-corrected chi connectivity index (χ0v) is 13.5. The van der Waals surface area contributed by atoms with Crippen LogP contribution in [0, 0.1) is 6.92 Å². The third kappa shape index (κ3) is 4.03. The summed E-state index contributed by atoms with van der Waals surface area (Å²) in [5.41, 5.74) is 2.09. The lowest BCUT2D eigenvalue weighted by Crippen LogP contribution is -2.09. The summed E-state index contributed by atoms with van der Waals surface area (Å²) < 4.78 is 0.897. The molecule has 0 fully saturated rings. The summed E-state index contributed by atoms with van der Waals surface area (Å²) in [5.74, 6) is -1.43. The number of hydrogen-bond donors (Lipinski definition) is 2. The van der Waals surface area contributed by atoms with Crippen molar-refractivity contribution in [1.29, 1.82) is 0 Å². The molecule has 0 bridgehead atoms. The van der Waals surface area contributed by atoms with Crippen LogP contribution in [0.1, 0.15) is 21.5 Å². The lowest BCUT2D eigenvalue weighted by atomic mass is 10.1. The molecule has 1 aromatic heterocycles. The molecule has 0 aliphatic heterocycles. The third-order valence-corrected chi connectivity index (χ3v) is 4.22. The molecular formula is C15H12BrNO3S. The molecule has 0 spiro atoms. The van der Waals surface area contributed by atoms with Crippen molar-refractivity contribution in [1.82, 2.24) is 0 Å². The van der Waals surface area contributed by atoms with Crippen molar-refractivity contribution in [3.63, 3.8) is 0 Å². The normalized spacial score (nSPS) is 10.8. The highest BCUT2D eigenvalue weighted by atomic mass is 79.9. The minimum Gasteiger partial charge on any atom is -0.478 e. The van der Waals surface area contributed by atoms with Crippen molar-refractivity contribution < 1.29 is 14.7 Å². The van der Waals surface area contributed by atoms with E-state index in [1.165, 1.54) is 23.5 Å². The molecule has 0 saturated heterocycles. The summed E-state index contributed by atoms with van der Waals surface area (Å²) in [6, 6.07) is 7.27. The number of rotatable bonds is 4. The molecule has 1 aromatic carbocycles. The van der Waals surface area contributed by atoms with Gasteiger partial charge < -0.3 is 10.4 Å². The molecule has 108 valence electrons. The topological polar surface area (TPSA) is 66.4 Å². The molecule has 1 heterocycles. The second-order valence-electron chi connectivity index (χ2n) is 4.32. The Labute approximate surface area is 134 Å². The minimum atomic E-state index is -1.06. The Kier molecular flexibility index (Phi) is 4.93. The highest BCUT2D eigenvalue weighted by Crippen LogP contribution is 2.23. The molecule has 0 aliphatic carbocycles. The summed E-state index contributed by atoms with van der Waals surface area (Å²) in [6.45, 7) is 1.98. The first-order valence-electron chi connectivity index (χ1n) is 6.03. The number of carbonyl (C=O) groups excluding carboxylic acids is 1. The zero-order chi connectivity index (χ0) is 15.4. The number of nitrogens with one attached hydrogen (secondary N) is 1.